The highest BCUT2D eigenvalue weighted by Crippen LogP contribution is 2.21. The molecule has 0 amide bonds. The number of imidazole rings is 1. The van der Waals surface area contributed by atoms with Gasteiger partial charge in [-0.1, -0.05) is 5.57 Å². The van der Waals surface area contributed by atoms with Crippen LogP contribution in [0.4, 0.5) is 5.82 Å². The highest BCUT2D eigenvalue weighted by Gasteiger charge is 2.10. The first-order valence-electron chi connectivity index (χ1n) is 5.50. The van der Waals surface area contributed by atoms with E-state index in [1.807, 2.05) is 6.92 Å². The van der Waals surface area contributed by atoms with Crippen LogP contribution in [0, 0.1) is 0 Å². The number of nitrogens with zero attached hydrogens (tertiary/aromatic N) is 3. The third-order valence-electron chi connectivity index (χ3n) is 2.27. The van der Waals surface area contributed by atoms with Crippen LogP contribution in [0.3, 0.4) is 0 Å². The summed E-state index contributed by atoms with van der Waals surface area (Å²) in [6.45, 7) is 6.64. The molecule has 2 rings (SSSR count). The van der Waals surface area contributed by atoms with Crippen molar-refractivity contribution in [2.24, 2.45) is 0 Å². The fraction of sp³-hybridized carbons (Fsp3) is 0.364. The summed E-state index contributed by atoms with van der Waals surface area (Å²) in [5.74, 6) is 0.735. The van der Waals surface area contributed by atoms with E-state index in [4.69, 9.17) is 4.18 Å². The molecule has 0 aliphatic heterocycles. The molecule has 2 aromatic rings. The van der Waals surface area contributed by atoms with Crippen molar-refractivity contribution >= 4 is 29.0 Å². The molecular weight excluding hydrogens is 250 g/mol. The lowest BCUT2D eigenvalue weighted by Crippen LogP contribution is -2.05. The smallest absolute Gasteiger partial charge is 0.219 e. The zero-order chi connectivity index (χ0) is 13.0. The first-order valence-corrected chi connectivity index (χ1v) is 6.25. The standard InChI is InChI=1S/C11H15N5OS/c1-7(2)4-5-12-9-8-10(14-6-13-8)16-11(15-9)18-17-3/h6H,1,4-5H2,2-3H3,(H2,12,13,14,15,16). The highest BCUT2D eigenvalue weighted by atomic mass is 32.2. The third kappa shape index (κ3) is 2.99. The van der Waals surface area contributed by atoms with E-state index in [-0.39, 0.29) is 0 Å². The van der Waals surface area contributed by atoms with Gasteiger partial charge in [0.05, 0.1) is 25.5 Å². The Balaban J connectivity index is 2.22. The molecular formula is C11H15N5OS. The number of anilines is 1. The Morgan fingerprint density at radius 1 is 1.56 bits per heavy atom. The predicted molar refractivity (Wildman–Crippen MR) is 72.5 cm³/mol. The number of H-pyrrole nitrogens is 1. The lowest BCUT2D eigenvalue weighted by atomic mass is 10.2. The summed E-state index contributed by atoms with van der Waals surface area (Å²) in [5, 5.41) is 3.79. The maximum absolute atomic E-state index is 4.96. The molecule has 2 heterocycles. The van der Waals surface area contributed by atoms with Gasteiger partial charge in [-0.05, 0) is 13.3 Å². The molecule has 0 radical (unpaired) electrons. The van der Waals surface area contributed by atoms with Crippen LogP contribution in [0.15, 0.2) is 23.6 Å². The molecule has 0 unspecified atom stereocenters. The lowest BCUT2D eigenvalue weighted by Gasteiger charge is -2.07. The van der Waals surface area contributed by atoms with Crippen molar-refractivity contribution in [3.05, 3.63) is 18.5 Å². The van der Waals surface area contributed by atoms with Gasteiger partial charge in [-0.25, -0.2) is 9.97 Å². The summed E-state index contributed by atoms with van der Waals surface area (Å²) in [6.07, 6.45) is 2.50. The molecule has 18 heavy (non-hydrogen) atoms. The zero-order valence-electron chi connectivity index (χ0n) is 10.4. The molecule has 0 saturated carbocycles. The van der Waals surface area contributed by atoms with Crippen LogP contribution in [0.2, 0.25) is 0 Å². The second kappa shape index (κ2) is 5.83. The van der Waals surface area contributed by atoms with E-state index >= 15 is 0 Å². The number of hydrogen-bond acceptors (Lipinski definition) is 6. The van der Waals surface area contributed by atoms with Crippen LogP contribution in [0.1, 0.15) is 13.3 Å². The van der Waals surface area contributed by atoms with Crippen molar-refractivity contribution in [3.63, 3.8) is 0 Å². The van der Waals surface area contributed by atoms with Crippen molar-refractivity contribution in [1.29, 1.82) is 0 Å². The number of fused-ring (bicyclic) bond motifs is 1. The number of aromatic nitrogens is 4. The fourth-order valence-electron chi connectivity index (χ4n) is 1.45. The van der Waals surface area contributed by atoms with E-state index in [9.17, 15) is 0 Å². The first kappa shape index (κ1) is 12.8. The van der Waals surface area contributed by atoms with Gasteiger partial charge in [0.25, 0.3) is 0 Å². The molecule has 0 spiro atoms. The zero-order valence-corrected chi connectivity index (χ0v) is 11.2. The predicted octanol–water partition coefficient (Wildman–Crippen LogP) is 2.38. The molecule has 0 bridgehead atoms. The Kier molecular flexibility index (Phi) is 4.16. The van der Waals surface area contributed by atoms with Gasteiger partial charge >= 0.3 is 0 Å². The largest absolute Gasteiger partial charge is 0.368 e. The van der Waals surface area contributed by atoms with Crippen molar-refractivity contribution < 1.29 is 4.18 Å². The van der Waals surface area contributed by atoms with Crippen molar-refractivity contribution in [3.8, 4) is 0 Å². The minimum Gasteiger partial charge on any atom is -0.368 e. The minimum atomic E-state index is 0.537. The highest BCUT2D eigenvalue weighted by molar-refractivity contribution is 7.94. The summed E-state index contributed by atoms with van der Waals surface area (Å²) >= 11 is 1.11. The minimum absolute atomic E-state index is 0.537. The van der Waals surface area contributed by atoms with Gasteiger partial charge in [0.1, 0.15) is 5.52 Å². The fourth-order valence-corrected chi connectivity index (χ4v) is 1.85. The van der Waals surface area contributed by atoms with Gasteiger partial charge in [-0.3, -0.25) is 0 Å². The topological polar surface area (TPSA) is 75.7 Å². The van der Waals surface area contributed by atoms with Crippen LogP contribution >= 0.6 is 12.0 Å². The Morgan fingerprint density at radius 3 is 3.11 bits per heavy atom. The Bertz CT molecular complexity index is 553. The van der Waals surface area contributed by atoms with Crippen LogP contribution < -0.4 is 5.32 Å². The first-order chi connectivity index (χ1) is 8.70. The summed E-state index contributed by atoms with van der Waals surface area (Å²) in [7, 11) is 1.58. The van der Waals surface area contributed by atoms with Crippen LogP contribution in [0.25, 0.3) is 11.2 Å². The molecule has 0 aromatic carbocycles. The SMILES string of the molecule is C=C(C)CCNc1nc(SOC)nc2nc[nH]c12. The maximum atomic E-state index is 4.96. The molecule has 6 nitrogen and oxygen atoms in total. The van der Waals surface area contributed by atoms with Gasteiger partial charge in [0.15, 0.2) is 11.5 Å². The molecule has 0 atom stereocenters. The Hall–Kier alpha value is -1.60. The Morgan fingerprint density at radius 2 is 2.39 bits per heavy atom. The number of hydrogen-bond donors (Lipinski definition) is 2. The molecule has 0 aliphatic carbocycles. The molecule has 2 N–H and O–H groups in total. The monoisotopic (exact) mass is 265 g/mol. The number of rotatable bonds is 6. The molecule has 0 fully saturated rings. The summed E-state index contributed by atoms with van der Waals surface area (Å²) in [4.78, 5) is 15.8. The van der Waals surface area contributed by atoms with E-state index in [0.29, 0.717) is 10.8 Å². The van der Waals surface area contributed by atoms with Gasteiger partial charge in [-0.2, -0.15) is 4.98 Å². The number of aromatic amines is 1. The van der Waals surface area contributed by atoms with E-state index in [1.54, 1.807) is 13.4 Å². The van der Waals surface area contributed by atoms with Gasteiger partial charge in [-0.15, -0.1) is 6.58 Å². The van der Waals surface area contributed by atoms with Crippen LogP contribution in [-0.2, 0) is 4.18 Å². The molecule has 0 aliphatic rings. The summed E-state index contributed by atoms with van der Waals surface area (Å²) in [5.41, 5.74) is 2.56. The molecule has 7 heteroatoms. The third-order valence-corrected chi connectivity index (χ3v) is 2.77. The van der Waals surface area contributed by atoms with Gasteiger partial charge in [0, 0.05) is 6.54 Å². The van der Waals surface area contributed by atoms with E-state index in [1.165, 1.54) is 0 Å². The van der Waals surface area contributed by atoms with E-state index < -0.39 is 0 Å². The van der Waals surface area contributed by atoms with Gasteiger partial charge in [0.2, 0.25) is 5.16 Å². The molecule has 0 saturated heterocycles. The molecule has 96 valence electrons. The summed E-state index contributed by atoms with van der Waals surface area (Å²) in [6, 6.07) is 0. The van der Waals surface area contributed by atoms with Gasteiger partial charge < -0.3 is 14.5 Å². The van der Waals surface area contributed by atoms with E-state index in [0.717, 1.165) is 41.9 Å². The van der Waals surface area contributed by atoms with Crippen molar-refractivity contribution in [2.45, 2.75) is 18.5 Å². The van der Waals surface area contributed by atoms with Crippen LogP contribution in [-0.4, -0.2) is 33.6 Å². The Labute approximate surface area is 109 Å². The average molecular weight is 265 g/mol. The van der Waals surface area contributed by atoms with Crippen molar-refractivity contribution in [2.75, 3.05) is 19.0 Å². The molecule has 2 aromatic heterocycles. The van der Waals surface area contributed by atoms with Crippen LogP contribution in [0.5, 0.6) is 0 Å². The quantitative estimate of drug-likeness (QED) is 0.474. The second-order valence-corrected chi connectivity index (χ2v) is 4.70. The maximum Gasteiger partial charge on any atom is 0.219 e. The lowest BCUT2D eigenvalue weighted by molar-refractivity contribution is 0.486. The van der Waals surface area contributed by atoms with Crippen molar-refractivity contribution in [1.82, 2.24) is 19.9 Å². The number of nitrogens with one attached hydrogen (secondary N) is 2. The average Bonchev–Trinajstić information content (AvgIpc) is 2.77. The normalized spacial score (nSPS) is 10.8. The van der Waals surface area contributed by atoms with E-state index in [2.05, 4.69) is 31.8 Å². The summed E-state index contributed by atoms with van der Waals surface area (Å²) < 4.78 is 4.96. The second-order valence-electron chi connectivity index (χ2n) is 3.84.